The lowest BCUT2D eigenvalue weighted by Gasteiger charge is -2.00. The molecule has 0 aliphatic rings. The van der Waals surface area contributed by atoms with Crippen LogP contribution in [-0.4, -0.2) is 16.2 Å². The van der Waals surface area contributed by atoms with Crippen LogP contribution in [0.1, 0.15) is 76.7 Å². The van der Waals surface area contributed by atoms with E-state index in [0.29, 0.717) is 6.42 Å². The first kappa shape index (κ1) is 20.6. The molecular formula is C19H32O3. The highest BCUT2D eigenvalue weighted by Gasteiger charge is 1.96. The molecule has 1 aromatic rings. The molecule has 22 heavy (non-hydrogen) atoms. The molecule has 0 spiro atoms. The summed E-state index contributed by atoms with van der Waals surface area (Å²) in [4.78, 5) is 10.2. The summed E-state index contributed by atoms with van der Waals surface area (Å²) < 4.78 is 0. The van der Waals surface area contributed by atoms with E-state index in [0.717, 1.165) is 18.4 Å². The van der Waals surface area contributed by atoms with Gasteiger partial charge in [0.1, 0.15) is 0 Å². The molecule has 3 heteroatoms. The maximum Gasteiger partial charge on any atom is 0.303 e. The van der Waals surface area contributed by atoms with Crippen molar-refractivity contribution in [1.29, 1.82) is 0 Å². The number of aliphatic hydroxyl groups excluding tert-OH is 1. The highest BCUT2D eigenvalue weighted by Crippen LogP contribution is 2.10. The van der Waals surface area contributed by atoms with Crippen molar-refractivity contribution in [3.05, 3.63) is 35.9 Å². The molecule has 0 heterocycles. The van der Waals surface area contributed by atoms with Crippen LogP contribution in [0.25, 0.3) is 0 Å². The van der Waals surface area contributed by atoms with Crippen LogP contribution in [-0.2, 0) is 11.4 Å². The summed E-state index contributed by atoms with van der Waals surface area (Å²) in [7, 11) is 0. The number of benzene rings is 1. The summed E-state index contributed by atoms with van der Waals surface area (Å²) in [6, 6.07) is 9.52. The van der Waals surface area contributed by atoms with E-state index >= 15 is 0 Å². The summed E-state index contributed by atoms with van der Waals surface area (Å²) in [5.41, 5.74) is 0.965. The minimum atomic E-state index is -0.659. The Hall–Kier alpha value is -1.35. The second-order valence-corrected chi connectivity index (χ2v) is 5.62. The fraction of sp³-hybridized carbons (Fsp3) is 0.632. The van der Waals surface area contributed by atoms with Gasteiger partial charge in [-0.25, -0.2) is 0 Å². The van der Waals surface area contributed by atoms with Crippen LogP contribution < -0.4 is 0 Å². The molecule has 0 radical (unpaired) electrons. The second kappa shape index (κ2) is 16.0. The fourth-order valence-electron chi connectivity index (χ4n) is 2.17. The fourth-order valence-corrected chi connectivity index (χ4v) is 2.17. The highest BCUT2D eigenvalue weighted by atomic mass is 16.4. The molecule has 0 unspecified atom stereocenters. The number of hydrogen-bond donors (Lipinski definition) is 2. The monoisotopic (exact) mass is 308 g/mol. The molecule has 0 aliphatic carbocycles. The Morgan fingerprint density at radius 3 is 1.77 bits per heavy atom. The molecule has 0 aliphatic heterocycles. The lowest BCUT2D eigenvalue weighted by Crippen LogP contribution is -1.93. The average Bonchev–Trinajstić information content (AvgIpc) is 2.54. The molecule has 1 aromatic carbocycles. The van der Waals surface area contributed by atoms with Crippen LogP contribution in [0.3, 0.4) is 0 Å². The van der Waals surface area contributed by atoms with Gasteiger partial charge in [-0.2, -0.15) is 0 Å². The van der Waals surface area contributed by atoms with E-state index in [4.69, 9.17) is 10.2 Å². The Bertz CT molecular complexity index is 349. The lowest BCUT2D eigenvalue weighted by molar-refractivity contribution is -0.137. The molecule has 126 valence electrons. The van der Waals surface area contributed by atoms with Crippen LogP contribution in [0.5, 0.6) is 0 Å². The van der Waals surface area contributed by atoms with E-state index in [9.17, 15) is 4.79 Å². The molecule has 0 bridgehead atoms. The Morgan fingerprint density at radius 2 is 1.36 bits per heavy atom. The summed E-state index contributed by atoms with van der Waals surface area (Å²) in [5.74, 6) is -0.659. The number of carboxylic acids is 1. The number of aliphatic hydroxyl groups is 1. The second-order valence-electron chi connectivity index (χ2n) is 5.62. The van der Waals surface area contributed by atoms with E-state index in [1.165, 1.54) is 44.9 Å². The zero-order valence-corrected chi connectivity index (χ0v) is 14.0. The van der Waals surface area contributed by atoms with Crippen molar-refractivity contribution in [2.24, 2.45) is 0 Å². The van der Waals surface area contributed by atoms with Gasteiger partial charge in [-0.15, -0.1) is 0 Å². The van der Waals surface area contributed by atoms with Crippen molar-refractivity contribution in [3.8, 4) is 0 Å². The van der Waals surface area contributed by atoms with Gasteiger partial charge in [-0.1, -0.05) is 88.6 Å². The maximum atomic E-state index is 10.2. The smallest absolute Gasteiger partial charge is 0.303 e. The van der Waals surface area contributed by atoms with Gasteiger partial charge >= 0.3 is 5.97 Å². The topological polar surface area (TPSA) is 57.5 Å². The van der Waals surface area contributed by atoms with Crippen molar-refractivity contribution in [1.82, 2.24) is 0 Å². The molecule has 1 rings (SSSR count). The third-order valence-corrected chi connectivity index (χ3v) is 3.52. The number of aliphatic carboxylic acids is 1. The van der Waals surface area contributed by atoms with Crippen molar-refractivity contribution in [2.75, 3.05) is 0 Å². The Balaban J connectivity index is 0.000000461. The number of hydrogen-bond acceptors (Lipinski definition) is 2. The standard InChI is InChI=1S/C12H24O2.C7H8O/c1-2-3-4-5-6-7-8-9-10-11-12(13)14;8-6-7-4-2-1-3-5-7/h2-11H2,1H3,(H,13,14);1-5,8H,6H2. The van der Waals surface area contributed by atoms with E-state index in [-0.39, 0.29) is 6.61 Å². The minimum absolute atomic E-state index is 0.140. The molecule has 0 fully saturated rings. The molecular weight excluding hydrogens is 276 g/mol. The van der Waals surface area contributed by atoms with Gasteiger partial charge in [0.25, 0.3) is 0 Å². The molecule has 0 saturated carbocycles. The van der Waals surface area contributed by atoms with E-state index in [2.05, 4.69) is 6.92 Å². The highest BCUT2D eigenvalue weighted by molar-refractivity contribution is 5.66. The van der Waals surface area contributed by atoms with Crippen LogP contribution in [0.4, 0.5) is 0 Å². The van der Waals surface area contributed by atoms with Gasteiger partial charge in [-0.3, -0.25) is 4.79 Å². The van der Waals surface area contributed by atoms with Gasteiger partial charge in [0.2, 0.25) is 0 Å². The largest absolute Gasteiger partial charge is 0.481 e. The molecule has 3 nitrogen and oxygen atoms in total. The summed E-state index contributed by atoms with van der Waals surface area (Å²) in [6.07, 6.45) is 11.5. The normalized spacial score (nSPS) is 9.91. The summed E-state index contributed by atoms with van der Waals surface area (Å²) >= 11 is 0. The average molecular weight is 308 g/mol. The first-order valence-corrected chi connectivity index (χ1v) is 8.57. The Kier molecular flexibility index (Phi) is 15.0. The molecule has 0 saturated heterocycles. The van der Waals surface area contributed by atoms with E-state index in [1.807, 2.05) is 30.3 Å². The van der Waals surface area contributed by atoms with Crippen molar-refractivity contribution >= 4 is 5.97 Å². The van der Waals surface area contributed by atoms with Gasteiger partial charge in [0, 0.05) is 6.42 Å². The SMILES string of the molecule is CCCCCCCCCCCC(=O)O.OCc1ccccc1. The number of carbonyl (C=O) groups is 1. The summed E-state index contributed by atoms with van der Waals surface area (Å²) in [6.45, 7) is 2.37. The van der Waals surface area contributed by atoms with Crippen LogP contribution in [0.2, 0.25) is 0 Å². The lowest BCUT2D eigenvalue weighted by atomic mass is 10.1. The van der Waals surface area contributed by atoms with Crippen LogP contribution in [0.15, 0.2) is 30.3 Å². The number of carboxylic acid groups (broad SMARTS) is 1. The van der Waals surface area contributed by atoms with Gasteiger partial charge in [0.05, 0.1) is 6.61 Å². The van der Waals surface area contributed by atoms with Crippen LogP contribution >= 0.6 is 0 Å². The minimum Gasteiger partial charge on any atom is -0.481 e. The van der Waals surface area contributed by atoms with Crippen molar-refractivity contribution < 1.29 is 15.0 Å². The zero-order chi connectivity index (χ0) is 16.5. The first-order valence-electron chi connectivity index (χ1n) is 8.57. The van der Waals surface area contributed by atoms with Crippen molar-refractivity contribution in [2.45, 2.75) is 77.7 Å². The maximum absolute atomic E-state index is 10.2. The van der Waals surface area contributed by atoms with Gasteiger partial charge in [-0.05, 0) is 12.0 Å². The summed E-state index contributed by atoms with van der Waals surface area (Å²) in [5, 5.41) is 17.0. The molecule has 0 aromatic heterocycles. The molecule has 2 N–H and O–H groups in total. The zero-order valence-electron chi connectivity index (χ0n) is 14.0. The molecule has 0 atom stereocenters. The third kappa shape index (κ3) is 15.0. The van der Waals surface area contributed by atoms with Gasteiger partial charge in [0.15, 0.2) is 0 Å². The van der Waals surface area contributed by atoms with Crippen molar-refractivity contribution in [3.63, 3.8) is 0 Å². The van der Waals surface area contributed by atoms with E-state index < -0.39 is 5.97 Å². The number of rotatable bonds is 11. The van der Waals surface area contributed by atoms with Crippen LogP contribution in [0, 0.1) is 0 Å². The first-order chi connectivity index (χ1) is 10.7. The predicted molar refractivity (Wildman–Crippen MR) is 91.8 cm³/mol. The Labute approximate surface area is 135 Å². The third-order valence-electron chi connectivity index (χ3n) is 3.52. The van der Waals surface area contributed by atoms with E-state index in [1.54, 1.807) is 0 Å². The quantitative estimate of drug-likeness (QED) is 0.554. The predicted octanol–water partition coefficient (Wildman–Crippen LogP) is 5.17. The number of unbranched alkanes of at least 4 members (excludes halogenated alkanes) is 8. The molecule has 0 amide bonds. The van der Waals surface area contributed by atoms with Gasteiger partial charge < -0.3 is 10.2 Å². The Morgan fingerprint density at radius 1 is 0.864 bits per heavy atom.